The molecule has 1 amide bonds. The summed E-state index contributed by atoms with van der Waals surface area (Å²) in [6.45, 7) is 2.25. The van der Waals surface area contributed by atoms with Crippen LogP contribution < -0.4 is 5.32 Å². The Bertz CT molecular complexity index is 870. The van der Waals surface area contributed by atoms with Crippen LogP contribution in [0.15, 0.2) is 36.7 Å². The number of carboxylic acids is 1. The average Bonchev–Trinajstić information content (AvgIpc) is 3.26. The molecule has 7 heteroatoms. The van der Waals surface area contributed by atoms with Crippen molar-refractivity contribution in [2.45, 2.75) is 25.3 Å². The van der Waals surface area contributed by atoms with Gasteiger partial charge in [-0.3, -0.25) is 4.79 Å². The van der Waals surface area contributed by atoms with E-state index in [1.165, 1.54) is 0 Å². The third kappa shape index (κ3) is 3.12. The van der Waals surface area contributed by atoms with Crippen molar-refractivity contribution < 1.29 is 14.7 Å². The normalized spacial score (nSPS) is 21.5. The Balaban J connectivity index is 1.70. The number of aryl methyl sites for hydroxylation is 1. The minimum absolute atomic E-state index is 0.0951. The zero-order valence-corrected chi connectivity index (χ0v) is 15.4. The molecule has 2 aliphatic heterocycles. The van der Waals surface area contributed by atoms with Crippen LogP contribution in [0.5, 0.6) is 0 Å². The second-order valence-corrected chi connectivity index (χ2v) is 7.65. The summed E-state index contributed by atoms with van der Waals surface area (Å²) in [6.07, 6.45) is 5.86. The summed E-state index contributed by atoms with van der Waals surface area (Å²) < 4.78 is 1.86. The van der Waals surface area contributed by atoms with Crippen molar-refractivity contribution in [3.8, 4) is 11.4 Å². The largest absolute Gasteiger partial charge is 0.480 e. The van der Waals surface area contributed by atoms with Gasteiger partial charge in [-0.1, -0.05) is 18.2 Å². The monoisotopic (exact) mass is 368 g/mol. The van der Waals surface area contributed by atoms with Gasteiger partial charge in [-0.2, -0.15) is 0 Å². The highest BCUT2D eigenvalue weighted by Crippen LogP contribution is 2.43. The fourth-order valence-corrected chi connectivity index (χ4v) is 4.45. The van der Waals surface area contributed by atoms with Crippen molar-refractivity contribution >= 4 is 11.9 Å². The number of hydrogen-bond acceptors (Lipinski definition) is 4. The lowest BCUT2D eigenvalue weighted by molar-refractivity contribution is -0.141. The lowest BCUT2D eigenvalue weighted by Crippen LogP contribution is -2.42. The predicted molar refractivity (Wildman–Crippen MR) is 100 cm³/mol. The number of carbonyl (C=O) groups excluding carboxylic acids is 1. The van der Waals surface area contributed by atoms with Crippen molar-refractivity contribution in [2.75, 3.05) is 19.6 Å². The van der Waals surface area contributed by atoms with Crippen LogP contribution in [0, 0.1) is 5.41 Å². The van der Waals surface area contributed by atoms with E-state index in [1.54, 1.807) is 17.2 Å². The van der Waals surface area contributed by atoms with Gasteiger partial charge in [0.2, 0.25) is 0 Å². The molecule has 0 aliphatic carbocycles. The zero-order chi connectivity index (χ0) is 19.0. The Kier molecular flexibility index (Phi) is 4.47. The summed E-state index contributed by atoms with van der Waals surface area (Å²) in [4.78, 5) is 31.3. The van der Waals surface area contributed by atoms with Crippen molar-refractivity contribution in [3.63, 3.8) is 0 Å². The number of piperidine rings is 1. The molecule has 1 atom stereocenters. The molecule has 1 spiro atoms. The van der Waals surface area contributed by atoms with Crippen LogP contribution in [0.25, 0.3) is 11.4 Å². The molecule has 2 aliphatic rings. The summed E-state index contributed by atoms with van der Waals surface area (Å²) in [5, 5.41) is 13.1. The molecule has 1 aromatic heterocycles. The number of carboxylic acid groups (broad SMARTS) is 1. The first-order valence-electron chi connectivity index (χ1n) is 9.32. The van der Waals surface area contributed by atoms with Crippen molar-refractivity contribution in [2.24, 2.45) is 12.5 Å². The highest BCUT2D eigenvalue weighted by molar-refractivity contribution is 6.02. The topological polar surface area (TPSA) is 87.5 Å². The first-order valence-corrected chi connectivity index (χ1v) is 9.32. The van der Waals surface area contributed by atoms with Gasteiger partial charge >= 0.3 is 5.97 Å². The average molecular weight is 368 g/mol. The Labute approximate surface area is 158 Å². The molecule has 3 heterocycles. The molecule has 0 radical (unpaired) electrons. The molecule has 2 saturated heterocycles. The number of benzene rings is 1. The maximum absolute atomic E-state index is 13.4. The molecule has 1 unspecified atom stereocenters. The molecule has 1 aromatic carbocycles. The Morgan fingerprint density at radius 1 is 1.26 bits per heavy atom. The second-order valence-electron chi connectivity index (χ2n) is 7.65. The molecule has 0 bridgehead atoms. The quantitative estimate of drug-likeness (QED) is 0.862. The highest BCUT2D eigenvalue weighted by atomic mass is 16.4. The van der Waals surface area contributed by atoms with E-state index < -0.39 is 12.0 Å². The fourth-order valence-electron chi connectivity index (χ4n) is 4.45. The van der Waals surface area contributed by atoms with E-state index in [2.05, 4.69) is 10.3 Å². The molecule has 4 rings (SSSR count). The van der Waals surface area contributed by atoms with Gasteiger partial charge in [-0.05, 0) is 43.8 Å². The van der Waals surface area contributed by atoms with E-state index in [0.29, 0.717) is 24.4 Å². The molecule has 2 fully saturated rings. The van der Waals surface area contributed by atoms with Gasteiger partial charge in [0.15, 0.2) is 0 Å². The van der Waals surface area contributed by atoms with Gasteiger partial charge in [-0.15, -0.1) is 0 Å². The van der Waals surface area contributed by atoms with Crippen LogP contribution in [0.3, 0.4) is 0 Å². The van der Waals surface area contributed by atoms with E-state index >= 15 is 0 Å². The standard InChI is InChI=1S/C20H24N4O3/c1-23-11-10-22-17(23)14-4-2-3-5-15(14)18(25)24-13-20(6-8-21-9-7-20)12-16(24)19(26)27/h2-5,10-11,16,21H,6-9,12-13H2,1H3,(H,26,27). The van der Waals surface area contributed by atoms with Crippen molar-refractivity contribution in [1.82, 2.24) is 19.8 Å². The minimum Gasteiger partial charge on any atom is -0.480 e. The van der Waals surface area contributed by atoms with E-state index in [1.807, 2.05) is 36.0 Å². The first-order chi connectivity index (χ1) is 13.0. The maximum Gasteiger partial charge on any atom is 0.326 e. The number of likely N-dealkylation sites (tertiary alicyclic amines) is 1. The van der Waals surface area contributed by atoms with Gasteiger partial charge in [0, 0.05) is 31.5 Å². The lowest BCUT2D eigenvalue weighted by Gasteiger charge is -2.33. The number of nitrogens with one attached hydrogen (secondary N) is 1. The highest BCUT2D eigenvalue weighted by Gasteiger charge is 2.49. The molecule has 27 heavy (non-hydrogen) atoms. The second kappa shape index (κ2) is 6.81. The SMILES string of the molecule is Cn1ccnc1-c1ccccc1C(=O)N1CC2(CCNCC2)CC1C(=O)O. The molecular formula is C20H24N4O3. The van der Waals surface area contributed by atoms with E-state index in [-0.39, 0.29) is 11.3 Å². The zero-order valence-electron chi connectivity index (χ0n) is 15.4. The Morgan fingerprint density at radius 3 is 2.67 bits per heavy atom. The van der Waals surface area contributed by atoms with Crippen LogP contribution in [-0.2, 0) is 11.8 Å². The number of carbonyl (C=O) groups is 2. The van der Waals surface area contributed by atoms with Gasteiger partial charge in [-0.25, -0.2) is 9.78 Å². The molecule has 0 saturated carbocycles. The number of amides is 1. The Morgan fingerprint density at radius 2 is 2.00 bits per heavy atom. The minimum atomic E-state index is -0.923. The molecule has 2 N–H and O–H groups in total. The van der Waals surface area contributed by atoms with Gasteiger partial charge in [0.25, 0.3) is 5.91 Å². The fraction of sp³-hybridized carbons (Fsp3) is 0.450. The summed E-state index contributed by atoms with van der Waals surface area (Å²) >= 11 is 0. The van der Waals surface area contributed by atoms with Crippen molar-refractivity contribution in [3.05, 3.63) is 42.2 Å². The summed E-state index contributed by atoms with van der Waals surface area (Å²) in [7, 11) is 1.88. The van der Waals surface area contributed by atoms with Gasteiger partial charge < -0.3 is 19.9 Å². The number of rotatable bonds is 3. The number of imidazole rings is 1. The predicted octanol–water partition coefficient (Wildman–Crippen LogP) is 1.76. The molecule has 7 nitrogen and oxygen atoms in total. The molecular weight excluding hydrogens is 344 g/mol. The van der Waals surface area contributed by atoms with Crippen LogP contribution in [0.4, 0.5) is 0 Å². The Hall–Kier alpha value is -2.67. The van der Waals surface area contributed by atoms with Crippen molar-refractivity contribution in [1.29, 1.82) is 0 Å². The summed E-state index contributed by atoms with van der Waals surface area (Å²) in [5.74, 6) is -0.453. The third-order valence-corrected chi connectivity index (χ3v) is 5.94. The lowest BCUT2D eigenvalue weighted by atomic mass is 9.77. The smallest absolute Gasteiger partial charge is 0.326 e. The van der Waals surface area contributed by atoms with E-state index in [4.69, 9.17) is 0 Å². The van der Waals surface area contributed by atoms with E-state index in [0.717, 1.165) is 31.5 Å². The number of hydrogen-bond donors (Lipinski definition) is 2. The van der Waals surface area contributed by atoms with E-state index in [9.17, 15) is 14.7 Å². The van der Waals surface area contributed by atoms with Crippen LogP contribution in [-0.4, -0.2) is 57.1 Å². The van der Waals surface area contributed by atoms with Gasteiger partial charge in [0.1, 0.15) is 11.9 Å². The summed E-state index contributed by atoms with van der Waals surface area (Å²) in [6, 6.07) is 6.53. The maximum atomic E-state index is 13.4. The number of aliphatic carboxylic acids is 1. The van der Waals surface area contributed by atoms with Crippen LogP contribution in [0.1, 0.15) is 29.6 Å². The van der Waals surface area contributed by atoms with Crippen LogP contribution in [0.2, 0.25) is 0 Å². The van der Waals surface area contributed by atoms with Gasteiger partial charge in [0.05, 0.1) is 5.56 Å². The van der Waals surface area contributed by atoms with Crippen LogP contribution >= 0.6 is 0 Å². The third-order valence-electron chi connectivity index (χ3n) is 5.94. The summed E-state index contributed by atoms with van der Waals surface area (Å²) in [5.41, 5.74) is 1.14. The first kappa shape index (κ1) is 17.7. The molecule has 2 aromatic rings. The number of aromatic nitrogens is 2. The number of nitrogens with zero attached hydrogens (tertiary/aromatic N) is 3. The molecule has 142 valence electrons.